The Labute approximate surface area is 228 Å². The van der Waals surface area contributed by atoms with Crippen LogP contribution in [0.15, 0.2) is 65.6 Å². The number of carbonyl (C=O) groups is 1. The fourth-order valence-corrected chi connectivity index (χ4v) is 6.06. The molecule has 1 atom stereocenters. The first kappa shape index (κ1) is 28.6. The summed E-state index contributed by atoms with van der Waals surface area (Å²) in [5.74, 6) is -0.494. The van der Waals surface area contributed by atoms with E-state index in [9.17, 15) is 31.5 Å². The molecular formula is C27H25ClF3NO6S. The Morgan fingerprint density at radius 1 is 1.10 bits per heavy atom. The molecule has 208 valence electrons. The number of carboxylic acids is 1. The van der Waals surface area contributed by atoms with E-state index in [2.05, 4.69) is 0 Å². The molecule has 0 saturated carbocycles. The fraction of sp³-hybridized carbons (Fsp3) is 0.296. The molecule has 0 radical (unpaired) electrons. The molecule has 12 heteroatoms. The van der Waals surface area contributed by atoms with Gasteiger partial charge in [0.15, 0.2) is 0 Å². The Morgan fingerprint density at radius 3 is 2.46 bits per heavy atom. The molecule has 7 nitrogen and oxygen atoms in total. The van der Waals surface area contributed by atoms with E-state index in [-0.39, 0.29) is 24.4 Å². The predicted octanol–water partition coefficient (Wildman–Crippen LogP) is 6.49. The van der Waals surface area contributed by atoms with E-state index >= 15 is 0 Å². The van der Waals surface area contributed by atoms with Gasteiger partial charge in [0.2, 0.25) is 0 Å². The van der Waals surface area contributed by atoms with Crippen LogP contribution in [0, 0.1) is 5.41 Å². The molecule has 3 aromatic carbocycles. The number of benzene rings is 3. The van der Waals surface area contributed by atoms with Gasteiger partial charge in [0.25, 0.3) is 10.0 Å². The van der Waals surface area contributed by atoms with Crippen LogP contribution in [0.4, 0.5) is 18.9 Å². The lowest BCUT2D eigenvalue weighted by atomic mass is 9.86. The minimum absolute atomic E-state index is 0.0520. The third-order valence-corrected chi connectivity index (χ3v) is 8.39. The van der Waals surface area contributed by atoms with E-state index in [1.807, 2.05) is 0 Å². The molecule has 4 rings (SSSR count). The van der Waals surface area contributed by atoms with E-state index in [4.69, 9.17) is 21.1 Å². The number of alkyl halides is 3. The first-order valence-corrected chi connectivity index (χ1v) is 13.5. The van der Waals surface area contributed by atoms with Crippen molar-refractivity contribution in [1.82, 2.24) is 0 Å². The number of methoxy groups -OCH3 is 1. The Morgan fingerprint density at radius 2 is 1.82 bits per heavy atom. The summed E-state index contributed by atoms with van der Waals surface area (Å²) in [6.07, 6.45) is -5.69. The molecular weight excluding hydrogens is 559 g/mol. The maximum Gasteiger partial charge on any atom is 0.416 e. The second kappa shape index (κ2) is 10.3. The summed E-state index contributed by atoms with van der Waals surface area (Å²) in [4.78, 5) is 11.2. The van der Waals surface area contributed by atoms with Crippen molar-refractivity contribution in [1.29, 1.82) is 0 Å². The number of ether oxygens (including phenoxy) is 2. The summed E-state index contributed by atoms with van der Waals surface area (Å²) in [6.45, 7) is 2.65. The third kappa shape index (κ3) is 5.94. The largest absolute Gasteiger partial charge is 0.497 e. The molecule has 0 fully saturated rings. The quantitative estimate of drug-likeness (QED) is 0.342. The van der Waals surface area contributed by atoms with Crippen molar-refractivity contribution in [3.63, 3.8) is 0 Å². The number of anilines is 1. The molecule has 1 N–H and O–H groups in total. The fourth-order valence-electron chi connectivity index (χ4n) is 4.29. The van der Waals surface area contributed by atoms with Crippen molar-refractivity contribution in [2.45, 2.75) is 37.4 Å². The van der Waals surface area contributed by atoms with Crippen molar-refractivity contribution in [2.24, 2.45) is 5.41 Å². The van der Waals surface area contributed by atoms with Gasteiger partial charge in [0.05, 0.1) is 35.2 Å². The van der Waals surface area contributed by atoms with E-state index < -0.39 is 44.1 Å². The van der Waals surface area contributed by atoms with Gasteiger partial charge in [-0.3, -0.25) is 9.10 Å². The van der Waals surface area contributed by atoms with E-state index in [1.54, 1.807) is 24.3 Å². The topological polar surface area (TPSA) is 93.1 Å². The minimum atomic E-state index is -4.75. The molecule has 1 unspecified atom stereocenters. The summed E-state index contributed by atoms with van der Waals surface area (Å²) >= 11 is 6.21. The number of carboxylic acid groups (broad SMARTS) is 1. The van der Waals surface area contributed by atoms with Gasteiger partial charge in [-0.05, 0) is 73.5 Å². The highest BCUT2D eigenvalue weighted by atomic mass is 35.5. The smallest absolute Gasteiger partial charge is 0.416 e. The average molecular weight is 584 g/mol. The molecule has 39 heavy (non-hydrogen) atoms. The van der Waals surface area contributed by atoms with Crippen molar-refractivity contribution in [2.75, 3.05) is 18.0 Å². The lowest BCUT2D eigenvalue weighted by Gasteiger charge is -2.38. The lowest BCUT2D eigenvalue weighted by molar-refractivity contribution is -0.148. The highest BCUT2D eigenvalue weighted by molar-refractivity contribution is 7.92. The maximum absolute atomic E-state index is 13.8. The molecule has 1 aliphatic heterocycles. The van der Waals surface area contributed by atoms with Crippen LogP contribution in [0.3, 0.4) is 0 Å². The van der Waals surface area contributed by atoms with Crippen LogP contribution >= 0.6 is 11.6 Å². The van der Waals surface area contributed by atoms with Gasteiger partial charge in [-0.1, -0.05) is 23.7 Å². The zero-order valence-electron chi connectivity index (χ0n) is 21.1. The first-order chi connectivity index (χ1) is 18.1. The summed E-state index contributed by atoms with van der Waals surface area (Å²) in [7, 11) is -3.06. The molecule has 3 aromatic rings. The second-order valence-corrected chi connectivity index (χ2v) is 12.1. The van der Waals surface area contributed by atoms with Crippen molar-refractivity contribution < 1.29 is 41.0 Å². The van der Waals surface area contributed by atoms with Crippen LogP contribution in [0.5, 0.6) is 11.5 Å². The SMILES string of the molecule is COc1cc(Cl)cc(-c2ccc3c(c2)N(S(=O)(=O)c2cccc(C(F)(F)F)c2)CC(CC(C)(C)C(=O)O)O3)c1. The zero-order chi connectivity index (χ0) is 28.8. The van der Waals surface area contributed by atoms with Gasteiger partial charge in [-0.25, -0.2) is 8.42 Å². The number of halogens is 4. The molecule has 0 aliphatic carbocycles. The molecule has 0 amide bonds. The summed E-state index contributed by atoms with van der Waals surface area (Å²) in [6, 6.07) is 13.2. The van der Waals surface area contributed by atoms with Gasteiger partial charge in [-0.2, -0.15) is 13.2 Å². The number of hydrogen-bond acceptors (Lipinski definition) is 5. The Kier molecular flexibility index (Phi) is 7.52. The first-order valence-electron chi connectivity index (χ1n) is 11.7. The van der Waals surface area contributed by atoms with Crippen LogP contribution in [-0.2, 0) is 21.0 Å². The number of rotatable bonds is 7. The Balaban J connectivity index is 1.85. The summed E-state index contributed by atoms with van der Waals surface area (Å²) in [5.41, 5.74) is -1.13. The van der Waals surface area contributed by atoms with Crippen LogP contribution in [-0.4, -0.2) is 39.3 Å². The van der Waals surface area contributed by atoms with Gasteiger partial charge in [-0.15, -0.1) is 0 Å². The summed E-state index contributed by atoms with van der Waals surface area (Å²) < 4.78 is 80.1. The number of fused-ring (bicyclic) bond motifs is 1. The molecule has 0 aromatic heterocycles. The molecule has 1 heterocycles. The maximum atomic E-state index is 13.8. The summed E-state index contributed by atoms with van der Waals surface area (Å²) in [5, 5.41) is 9.97. The van der Waals surface area contributed by atoms with Crippen molar-refractivity contribution in [3.05, 3.63) is 71.2 Å². The molecule has 0 spiro atoms. The average Bonchev–Trinajstić information content (AvgIpc) is 2.86. The number of sulfonamides is 1. The lowest BCUT2D eigenvalue weighted by Crippen LogP contribution is -2.46. The number of nitrogens with zero attached hydrogens (tertiary/aromatic N) is 1. The second-order valence-electron chi connectivity index (χ2n) is 9.76. The van der Waals surface area contributed by atoms with Gasteiger partial charge in [0.1, 0.15) is 17.6 Å². The highest BCUT2D eigenvalue weighted by Crippen LogP contribution is 2.43. The van der Waals surface area contributed by atoms with Crippen LogP contribution in [0.25, 0.3) is 11.1 Å². The van der Waals surface area contributed by atoms with E-state index in [0.29, 0.717) is 28.0 Å². The predicted molar refractivity (Wildman–Crippen MR) is 140 cm³/mol. The number of hydrogen-bond donors (Lipinski definition) is 1. The minimum Gasteiger partial charge on any atom is -0.497 e. The van der Waals surface area contributed by atoms with Crippen molar-refractivity contribution >= 4 is 33.3 Å². The Hall–Kier alpha value is -3.44. The highest BCUT2D eigenvalue weighted by Gasteiger charge is 2.40. The Bertz CT molecular complexity index is 1520. The molecule has 1 aliphatic rings. The standard InChI is InChI=1S/C27H25ClF3NO6S/c1-26(2,25(33)34)14-21-15-32(39(35,36)22-6-4-5-18(12-22)27(29,30)31)23-11-16(7-8-24(23)38-21)17-9-19(28)13-20(10-17)37-3/h4-13,21H,14-15H2,1-3H3,(H,33,34). The van der Waals surface area contributed by atoms with Gasteiger partial charge in [0, 0.05) is 11.4 Å². The van der Waals surface area contributed by atoms with Crippen LogP contribution in [0.1, 0.15) is 25.8 Å². The third-order valence-electron chi connectivity index (χ3n) is 6.40. The number of aliphatic carboxylic acids is 1. The molecule has 0 bridgehead atoms. The zero-order valence-corrected chi connectivity index (χ0v) is 22.7. The van der Waals surface area contributed by atoms with Crippen LogP contribution in [0.2, 0.25) is 5.02 Å². The molecule has 0 saturated heterocycles. The monoisotopic (exact) mass is 583 g/mol. The van der Waals surface area contributed by atoms with E-state index in [1.165, 1.54) is 33.1 Å². The van der Waals surface area contributed by atoms with E-state index in [0.717, 1.165) is 22.5 Å². The van der Waals surface area contributed by atoms with Crippen LogP contribution < -0.4 is 13.8 Å². The van der Waals surface area contributed by atoms with Gasteiger partial charge < -0.3 is 14.6 Å². The van der Waals surface area contributed by atoms with Crippen molar-refractivity contribution in [3.8, 4) is 22.6 Å². The van der Waals surface area contributed by atoms with Gasteiger partial charge >= 0.3 is 12.1 Å². The normalized spacial score (nSPS) is 15.9.